The Morgan fingerprint density at radius 2 is 2.59 bits per heavy atom. The van der Waals surface area contributed by atoms with Gasteiger partial charge in [-0.15, -0.1) is 0 Å². The summed E-state index contributed by atoms with van der Waals surface area (Å²) in [6, 6.07) is 0. The number of oxime groups is 1. The van der Waals surface area contributed by atoms with Gasteiger partial charge in [0.05, 0.1) is 0 Å². The largest absolute Gasteiger partial charge is 0.477 e. The minimum Gasteiger partial charge on any atom is -0.477 e. The molecule has 0 aromatic carbocycles. The molecule has 1 aliphatic carbocycles. The number of hydrogen-bond donors (Lipinski definition) is 2. The molecule has 0 spiro atoms. The number of allylic oxidation sites excluding steroid dienone is 1. The minimum absolute atomic E-state index is 0.306. The first-order valence-corrected chi connectivity index (χ1v) is 5.66. The third-order valence-electron chi connectivity index (χ3n) is 2.19. The standard InChI is InChI=1S/C9H10N4O3S/c10-9-12-8(13-17-9)5-2-1-3-6(5)16-11-4-7(14)15/h2,4,6H,1,3H2,(H,14,15)(H2,10,12,13)/b11-4+. The van der Waals surface area contributed by atoms with Gasteiger partial charge in [-0.05, 0) is 12.8 Å². The van der Waals surface area contributed by atoms with Crippen LogP contribution in [0.2, 0.25) is 0 Å². The highest BCUT2D eigenvalue weighted by Gasteiger charge is 2.25. The Kier molecular flexibility index (Phi) is 3.33. The Morgan fingerprint density at radius 1 is 1.76 bits per heavy atom. The number of anilines is 1. The maximum atomic E-state index is 10.2. The van der Waals surface area contributed by atoms with Gasteiger partial charge in [0.1, 0.15) is 0 Å². The molecule has 2 rings (SSSR count). The highest BCUT2D eigenvalue weighted by molar-refractivity contribution is 7.09. The Balaban J connectivity index is 2.05. The van der Waals surface area contributed by atoms with Gasteiger partial charge >= 0.3 is 5.97 Å². The highest BCUT2D eigenvalue weighted by atomic mass is 32.1. The number of carbonyl (C=O) groups is 1. The zero-order chi connectivity index (χ0) is 12.3. The first kappa shape index (κ1) is 11.5. The number of carboxylic acids is 1. The van der Waals surface area contributed by atoms with Gasteiger partial charge in [-0.3, -0.25) is 0 Å². The summed E-state index contributed by atoms with van der Waals surface area (Å²) >= 11 is 1.11. The molecule has 1 aromatic heterocycles. The molecule has 1 atom stereocenters. The van der Waals surface area contributed by atoms with E-state index in [1.165, 1.54) is 0 Å². The lowest BCUT2D eigenvalue weighted by atomic mass is 10.2. The molecule has 7 nitrogen and oxygen atoms in total. The monoisotopic (exact) mass is 254 g/mol. The van der Waals surface area contributed by atoms with E-state index in [0.29, 0.717) is 17.2 Å². The maximum absolute atomic E-state index is 10.2. The van der Waals surface area contributed by atoms with Crippen LogP contribution in [0.5, 0.6) is 0 Å². The average molecular weight is 254 g/mol. The molecule has 1 unspecified atom stereocenters. The Hall–Kier alpha value is -1.96. The summed E-state index contributed by atoms with van der Waals surface area (Å²) in [5, 5.41) is 12.2. The zero-order valence-electron chi connectivity index (χ0n) is 8.74. The van der Waals surface area contributed by atoms with Gasteiger partial charge < -0.3 is 15.7 Å². The van der Waals surface area contributed by atoms with E-state index in [1.54, 1.807) is 0 Å². The van der Waals surface area contributed by atoms with Gasteiger partial charge in [-0.25, -0.2) is 4.79 Å². The molecule has 3 N–H and O–H groups in total. The van der Waals surface area contributed by atoms with Crippen LogP contribution in [-0.4, -0.2) is 32.8 Å². The molecule has 0 bridgehead atoms. The second-order valence-electron chi connectivity index (χ2n) is 3.36. The average Bonchev–Trinajstić information content (AvgIpc) is 2.86. The predicted molar refractivity (Wildman–Crippen MR) is 62.5 cm³/mol. The van der Waals surface area contributed by atoms with Crippen molar-refractivity contribution in [1.82, 2.24) is 9.36 Å². The van der Waals surface area contributed by atoms with Crippen molar-refractivity contribution in [3.05, 3.63) is 11.9 Å². The molecule has 1 aromatic rings. The van der Waals surface area contributed by atoms with Crippen molar-refractivity contribution in [2.75, 3.05) is 5.73 Å². The second kappa shape index (κ2) is 4.91. The van der Waals surface area contributed by atoms with Gasteiger partial charge in [0.25, 0.3) is 0 Å². The minimum atomic E-state index is -1.15. The van der Waals surface area contributed by atoms with Gasteiger partial charge in [-0.2, -0.15) is 9.36 Å². The van der Waals surface area contributed by atoms with Crippen molar-refractivity contribution in [2.24, 2.45) is 5.16 Å². The molecule has 0 saturated carbocycles. The van der Waals surface area contributed by atoms with Crippen LogP contribution in [0.3, 0.4) is 0 Å². The second-order valence-corrected chi connectivity index (χ2v) is 4.14. The van der Waals surface area contributed by atoms with Gasteiger partial charge in [0.15, 0.2) is 23.3 Å². The van der Waals surface area contributed by atoms with Crippen molar-refractivity contribution in [3.63, 3.8) is 0 Å². The summed E-state index contributed by atoms with van der Waals surface area (Å²) in [6.07, 6.45) is 3.90. The number of nitrogens with zero attached hydrogens (tertiary/aromatic N) is 3. The highest BCUT2D eigenvalue weighted by Crippen LogP contribution is 2.30. The summed E-state index contributed by atoms with van der Waals surface area (Å²) in [5.41, 5.74) is 6.31. The number of rotatable bonds is 4. The van der Waals surface area contributed by atoms with E-state index >= 15 is 0 Å². The predicted octanol–water partition coefficient (Wildman–Crippen LogP) is 0.753. The van der Waals surface area contributed by atoms with Crippen molar-refractivity contribution in [1.29, 1.82) is 0 Å². The fourth-order valence-corrected chi connectivity index (χ4v) is 1.98. The summed E-state index contributed by atoms with van der Waals surface area (Å²) < 4.78 is 4.08. The topological polar surface area (TPSA) is 111 Å². The molecule has 0 amide bonds. The molecule has 0 saturated heterocycles. The fraction of sp³-hybridized carbons (Fsp3) is 0.333. The van der Waals surface area contributed by atoms with E-state index in [0.717, 1.165) is 29.9 Å². The van der Waals surface area contributed by atoms with Crippen LogP contribution in [0.4, 0.5) is 5.13 Å². The Labute approximate surface area is 101 Å². The molecule has 90 valence electrons. The van der Waals surface area contributed by atoms with Gasteiger partial charge in [-0.1, -0.05) is 11.2 Å². The van der Waals surface area contributed by atoms with E-state index < -0.39 is 5.97 Å². The first-order chi connectivity index (χ1) is 8.16. The number of nitrogen functional groups attached to an aromatic ring is 1. The number of carboxylic acid groups (broad SMARTS) is 1. The third-order valence-corrected chi connectivity index (χ3v) is 2.73. The lowest BCUT2D eigenvalue weighted by Crippen LogP contribution is -2.10. The maximum Gasteiger partial charge on any atom is 0.350 e. The SMILES string of the molecule is Nc1nc(C2=CCCC2O/N=C/C(=O)O)ns1. The molecule has 8 heteroatoms. The van der Waals surface area contributed by atoms with E-state index in [-0.39, 0.29) is 6.10 Å². The van der Waals surface area contributed by atoms with Crippen LogP contribution in [0.1, 0.15) is 18.7 Å². The molecule has 17 heavy (non-hydrogen) atoms. The number of aliphatic carboxylic acids is 1. The molecule has 0 fully saturated rings. The summed E-state index contributed by atoms with van der Waals surface area (Å²) in [7, 11) is 0. The molecular weight excluding hydrogens is 244 g/mol. The van der Waals surface area contributed by atoms with Crippen LogP contribution < -0.4 is 5.73 Å². The van der Waals surface area contributed by atoms with Crippen LogP contribution in [0, 0.1) is 0 Å². The van der Waals surface area contributed by atoms with Gasteiger partial charge in [0.2, 0.25) is 0 Å². The van der Waals surface area contributed by atoms with E-state index in [9.17, 15) is 4.79 Å². The molecule has 0 radical (unpaired) electrons. The lowest BCUT2D eigenvalue weighted by Gasteiger charge is -2.09. The number of aromatic nitrogens is 2. The van der Waals surface area contributed by atoms with Crippen LogP contribution in [0.15, 0.2) is 11.2 Å². The van der Waals surface area contributed by atoms with E-state index in [2.05, 4.69) is 14.5 Å². The molecular formula is C9H10N4O3S. The van der Waals surface area contributed by atoms with Gasteiger partial charge in [0, 0.05) is 17.1 Å². The zero-order valence-corrected chi connectivity index (χ0v) is 9.55. The summed E-state index contributed by atoms with van der Waals surface area (Å²) in [5.74, 6) is -0.620. The van der Waals surface area contributed by atoms with Crippen LogP contribution in [0.25, 0.3) is 5.57 Å². The summed E-state index contributed by atoms with van der Waals surface area (Å²) in [4.78, 5) is 19.4. The van der Waals surface area contributed by atoms with Crippen LogP contribution >= 0.6 is 11.5 Å². The Morgan fingerprint density at radius 3 is 3.24 bits per heavy atom. The first-order valence-electron chi connectivity index (χ1n) is 4.88. The molecule has 1 aliphatic rings. The van der Waals surface area contributed by atoms with Crippen LogP contribution in [-0.2, 0) is 9.63 Å². The normalized spacial score (nSPS) is 19.5. The molecule has 1 heterocycles. The van der Waals surface area contributed by atoms with Crippen molar-refractivity contribution < 1.29 is 14.7 Å². The van der Waals surface area contributed by atoms with Crippen molar-refractivity contribution in [2.45, 2.75) is 18.9 Å². The number of hydrogen-bond acceptors (Lipinski definition) is 7. The van der Waals surface area contributed by atoms with Crippen molar-refractivity contribution in [3.8, 4) is 0 Å². The third kappa shape index (κ3) is 2.78. The smallest absolute Gasteiger partial charge is 0.350 e. The quantitative estimate of drug-likeness (QED) is 0.606. The Bertz CT molecular complexity index is 482. The number of nitrogens with two attached hydrogens (primary N) is 1. The fourth-order valence-electron chi connectivity index (χ4n) is 1.52. The lowest BCUT2D eigenvalue weighted by molar-refractivity contribution is -0.129. The van der Waals surface area contributed by atoms with Crippen molar-refractivity contribution >= 4 is 34.4 Å². The van der Waals surface area contributed by atoms with E-state index in [4.69, 9.17) is 15.7 Å². The summed E-state index contributed by atoms with van der Waals surface area (Å²) in [6.45, 7) is 0. The molecule has 0 aliphatic heterocycles. The van der Waals surface area contributed by atoms with E-state index in [1.807, 2.05) is 6.08 Å².